The van der Waals surface area contributed by atoms with Gasteiger partial charge in [-0.15, -0.1) is 0 Å². The van der Waals surface area contributed by atoms with Crippen molar-refractivity contribution >= 4 is 44.6 Å². The Labute approximate surface area is 232 Å². The molecule has 1 heterocycles. The third-order valence-electron chi connectivity index (χ3n) is 6.75. The smallest absolute Gasteiger partial charge is 0.273 e. The van der Waals surface area contributed by atoms with Crippen LogP contribution >= 0.6 is 11.6 Å². The zero-order chi connectivity index (χ0) is 28.3. The number of halogens is 1. The maximum absolute atomic E-state index is 13.8. The SMILES string of the molecule is COc1ccc(N(CC(=O)N2CCN(c3cc(Cl)ccc3C)CC2)S(=O)(=O)c2ccc(C)c([N+](=O)[O-])c2)cc1. The van der Waals surface area contributed by atoms with E-state index >= 15 is 0 Å². The highest BCUT2D eigenvalue weighted by Gasteiger charge is 2.32. The number of sulfonamides is 1. The number of hydrogen-bond donors (Lipinski definition) is 0. The molecule has 4 rings (SSSR count). The Morgan fingerprint density at radius 1 is 1.00 bits per heavy atom. The molecule has 12 heteroatoms. The van der Waals surface area contributed by atoms with Crippen molar-refractivity contribution in [2.75, 3.05) is 49.0 Å². The lowest BCUT2D eigenvalue weighted by Crippen LogP contribution is -2.52. The van der Waals surface area contributed by atoms with E-state index in [1.807, 2.05) is 25.1 Å². The Morgan fingerprint density at radius 2 is 1.64 bits per heavy atom. The zero-order valence-electron chi connectivity index (χ0n) is 21.8. The van der Waals surface area contributed by atoms with Crippen LogP contribution in [0.5, 0.6) is 5.75 Å². The molecule has 0 aromatic heterocycles. The highest BCUT2D eigenvalue weighted by atomic mass is 35.5. The number of hydrogen-bond acceptors (Lipinski definition) is 7. The molecular formula is C27H29ClN4O6S. The molecule has 1 saturated heterocycles. The van der Waals surface area contributed by atoms with Crippen molar-refractivity contribution in [2.45, 2.75) is 18.7 Å². The highest BCUT2D eigenvalue weighted by Crippen LogP contribution is 2.30. The quantitative estimate of drug-likeness (QED) is 0.290. The van der Waals surface area contributed by atoms with Gasteiger partial charge in [0.2, 0.25) is 5.91 Å². The molecule has 0 spiro atoms. The van der Waals surface area contributed by atoms with E-state index in [2.05, 4.69) is 4.90 Å². The van der Waals surface area contributed by atoms with Gasteiger partial charge in [0.1, 0.15) is 12.3 Å². The molecule has 1 amide bonds. The standard InChI is InChI=1S/C27H29ClN4O6S/c1-19-4-6-21(28)16-25(19)29-12-14-30(15-13-29)27(33)18-31(22-7-9-23(38-3)10-8-22)39(36,37)24-11-5-20(2)26(17-24)32(34)35/h4-11,16-17H,12-15,18H2,1-3H3. The molecular weight excluding hydrogens is 544 g/mol. The Morgan fingerprint density at radius 3 is 2.26 bits per heavy atom. The summed E-state index contributed by atoms with van der Waals surface area (Å²) in [5, 5.41) is 12.1. The number of anilines is 2. The number of carbonyl (C=O) groups is 1. The molecule has 3 aromatic rings. The Bertz CT molecular complexity index is 1490. The molecule has 3 aromatic carbocycles. The predicted molar refractivity (Wildman–Crippen MR) is 150 cm³/mol. The first kappa shape index (κ1) is 28.2. The second kappa shape index (κ2) is 11.5. The summed E-state index contributed by atoms with van der Waals surface area (Å²) in [5.41, 5.74) is 2.32. The van der Waals surface area contributed by atoms with E-state index in [1.165, 1.54) is 38.3 Å². The second-order valence-electron chi connectivity index (χ2n) is 9.21. The molecule has 0 saturated carbocycles. The number of nitro groups is 1. The highest BCUT2D eigenvalue weighted by molar-refractivity contribution is 7.92. The summed E-state index contributed by atoms with van der Waals surface area (Å²) in [5.74, 6) is 0.138. The maximum Gasteiger partial charge on any atom is 0.273 e. The second-order valence-corrected chi connectivity index (χ2v) is 11.5. The van der Waals surface area contributed by atoms with Crippen LogP contribution in [0.2, 0.25) is 5.02 Å². The van der Waals surface area contributed by atoms with Gasteiger partial charge in [0.15, 0.2) is 0 Å². The van der Waals surface area contributed by atoms with Gasteiger partial charge in [-0.1, -0.05) is 23.7 Å². The topological polar surface area (TPSA) is 113 Å². The van der Waals surface area contributed by atoms with Crippen molar-refractivity contribution in [2.24, 2.45) is 0 Å². The molecule has 0 atom stereocenters. The minimum atomic E-state index is -4.33. The van der Waals surface area contributed by atoms with Gasteiger partial charge in [0.05, 0.1) is 22.6 Å². The third kappa shape index (κ3) is 6.10. The van der Waals surface area contributed by atoms with Crippen molar-refractivity contribution in [3.8, 4) is 5.75 Å². The van der Waals surface area contributed by atoms with Crippen LogP contribution < -0.4 is 13.9 Å². The first-order valence-electron chi connectivity index (χ1n) is 12.2. The number of piperazine rings is 1. The monoisotopic (exact) mass is 572 g/mol. The average Bonchev–Trinajstić information content (AvgIpc) is 2.93. The molecule has 0 N–H and O–H groups in total. The van der Waals surface area contributed by atoms with Gasteiger partial charge < -0.3 is 14.5 Å². The van der Waals surface area contributed by atoms with Gasteiger partial charge in [-0.2, -0.15) is 0 Å². The molecule has 206 valence electrons. The van der Waals surface area contributed by atoms with Crippen molar-refractivity contribution in [3.63, 3.8) is 0 Å². The van der Waals surface area contributed by atoms with E-state index in [0.717, 1.165) is 21.6 Å². The van der Waals surface area contributed by atoms with Crippen LogP contribution in [-0.4, -0.2) is 64.0 Å². The van der Waals surface area contributed by atoms with E-state index in [1.54, 1.807) is 17.0 Å². The number of benzene rings is 3. The number of nitrogens with zero attached hydrogens (tertiary/aromatic N) is 4. The minimum absolute atomic E-state index is 0.237. The molecule has 0 unspecified atom stereocenters. The number of ether oxygens (including phenoxy) is 1. The van der Waals surface area contributed by atoms with Crippen LogP contribution in [0.25, 0.3) is 0 Å². The number of nitro benzene ring substituents is 1. The Balaban J connectivity index is 1.59. The van der Waals surface area contributed by atoms with Crippen LogP contribution in [0.4, 0.5) is 17.1 Å². The van der Waals surface area contributed by atoms with E-state index in [-0.39, 0.29) is 22.2 Å². The summed E-state index contributed by atoms with van der Waals surface area (Å²) in [4.78, 5) is 27.8. The fourth-order valence-corrected chi connectivity index (χ4v) is 6.08. The first-order valence-corrected chi connectivity index (χ1v) is 14.0. The third-order valence-corrected chi connectivity index (χ3v) is 8.75. The number of rotatable bonds is 8. The van der Waals surface area contributed by atoms with Gasteiger partial charge in [-0.3, -0.25) is 19.2 Å². The van der Waals surface area contributed by atoms with E-state index in [9.17, 15) is 23.3 Å². The minimum Gasteiger partial charge on any atom is -0.497 e. The maximum atomic E-state index is 13.8. The molecule has 1 aliphatic rings. The van der Waals surface area contributed by atoms with Crippen LogP contribution in [0.3, 0.4) is 0 Å². The fourth-order valence-electron chi connectivity index (χ4n) is 4.48. The molecule has 0 bridgehead atoms. The normalized spacial score (nSPS) is 13.7. The van der Waals surface area contributed by atoms with Crippen LogP contribution in [-0.2, 0) is 14.8 Å². The van der Waals surface area contributed by atoms with E-state index in [0.29, 0.717) is 42.5 Å². The van der Waals surface area contributed by atoms with Gasteiger partial charge in [-0.05, 0) is 61.9 Å². The van der Waals surface area contributed by atoms with Gasteiger partial charge in [0, 0.05) is 48.5 Å². The van der Waals surface area contributed by atoms with Crippen molar-refractivity contribution in [3.05, 3.63) is 86.9 Å². The van der Waals surface area contributed by atoms with Crippen LogP contribution in [0.1, 0.15) is 11.1 Å². The summed E-state index contributed by atoms with van der Waals surface area (Å²) in [6.07, 6.45) is 0. The first-order chi connectivity index (χ1) is 18.5. The Hall–Kier alpha value is -3.83. The van der Waals surface area contributed by atoms with E-state index in [4.69, 9.17) is 16.3 Å². The molecule has 1 aliphatic heterocycles. The number of methoxy groups -OCH3 is 1. The predicted octanol–water partition coefficient (Wildman–Crippen LogP) is 4.42. The number of amides is 1. The average molecular weight is 573 g/mol. The molecule has 1 fully saturated rings. The summed E-state index contributed by atoms with van der Waals surface area (Å²) in [7, 11) is -2.84. The van der Waals surface area contributed by atoms with Crippen molar-refractivity contribution in [1.82, 2.24) is 4.90 Å². The molecule has 10 nitrogen and oxygen atoms in total. The molecule has 39 heavy (non-hydrogen) atoms. The van der Waals surface area contributed by atoms with Gasteiger partial charge in [0.25, 0.3) is 15.7 Å². The van der Waals surface area contributed by atoms with Crippen molar-refractivity contribution < 1.29 is 22.9 Å². The Kier molecular flexibility index (Phi) is 8.31. The number of aryl methyl sites for hydroxylation is 2. The number of carbonyl (C=O) groups excluding carboxylic acids is 1. The fraction of sp³-hybridized carbons (Fsp3) is 0.296. The van der Waals surface area contributed by atoms with Crippen LogP contribution in [0, 0.1) is 24.0 Å². The molecule has 0 radical (unpaired) electrons. The summed E-state index contributed by atoms with van der Waals surface area (Å²) in [6, 6.07) is 15.6. The van der Waals surface area contributed by atoms with Crippen LogP contribution in [0.15, 0.2) is 65.6 Å². The summed E-state index contributed by atoms with van der Waals surface area (Å²) in [6.45, 7) is 4.99. The summed E-state index contributed by atoms with van der Waals surface area (Å²) >= 11 is 6.18. The zero-order valence-corrected chi connectivity index (χ0v) is 23.4. The lowest BCUT2D eigenvalue weighted by Gasteiger charge is -2.37. The lowest BCUT2D eigenvalue weighted by atomic mass is 10.1. The van der Waals surface area contributed by atoms with Crippen molar-refractivity contribution in [1.29, 1.82) is 0 Å². The largest absolute Gasteiger partial charge is 0.497 e. The van der Waals surface area contributed by atoms with Gasteiger partial charge in [-0.25, -0.2) is 8.42 Å². The van der Waals surface area contributed by atoms with Gasteiger partial charge >= 0.3 is 0 Å². The van der Waals surface area contributed by atoms with E-state index < -0.39 is 21.5 Å². The summed E-state index contributed by atoms with van der Waals surface area (Å²) < 4.78 is 33.7. The lowest BCUT2D eigenvalue weighted by molar-refractivity contribution is -0.385. The molecule has 0 aliphatic carbocycles.